The van der Waals surface area contributed by atoms with Gasteiger partial charge in [0, 0.05) is 13.1 Å². The molecule has 0 aromatic heterocycles. The number of nitrogens with zero attached hydrogens (tertiary/aromatic N) is 1. The Morgan fingerprint density at radius 1 is 1.21 bits per heavy atom. The van der Waals surface area contributed by atoms with Gasteiger partial charge in [0.1, 0.15) is 0 Å². The van der Waals surface area contributed by atoms with Crippen LogP contribution in [0.15, 0.2) is 24.3 Å². The third kappa shape index (κ3) is 4.48. The molecule has 1 unspecified atom stereocenters. The molecule has 1 fully saturated rings. The quantitative estimate of drug-likeness (QED) is 0.900. The van der Waals surface area contributed by atoms with Crippen LogP contribution in [0.4, 0.5) is 0 Å². The number of nitrogens with two attached hydrogens (primary N) is 1. The van der Waals surface area contributed by atoms with Gasteiger partial charge in [0.05, 0.1) is 0 Å². The maximum Gasteiger partial charge on any atom is 0.00480 e. The molecule has 0 aliphatic carbocycles. The van der Waals surface area contributed by atoms with Crippen LogP contribution in [-0.2, 0) is 12.8 Å². The number of hydrogen-bond acceptors (Lipinski definition) is 2. The lowest BCUT2D eigenvalue weighted by molar-refractivity contribution is 0.283. The Labute approximate surface area is 123 Å². The first-order valence-corrected chi connectivity index (χ1v) is 7.15. The van der Waals surface area contributed by atoms with Crippen LogP contribution in [0.2, 0.25) is 0 Å². The van der Waals surface area contributed by atoms with Crippen LogP contribution < -0.4 is 5.73 Å². The third-order valence-electron chi connectivity index (χ3n) is 4.28. The van der Waals surface area contributed by atoms with Gasteiger partial charge in [-0.2, -0.15) is 0 Å². The fourth-order valence-electron chi connectivity index (χ4n) is 2.71. The molecular formula is C16H27ClN2. The third-order valence-corrected chi connectivity index (χ3v) is 4.28. The number of aryl methyl sites for hydroxylation is 1. The van der Waals surface area contributed by atoms with Gasteiger partial charge >= 0.3 is 0 Å². The van der Waals surface area contributed by atoms with Gasteiger partial charge in [-0.25, -0.2) is 0 Å². The summed E-state index contributed by atoms with van der Waals surface area (Å²) in [7, 11) is 0. The Balaban J connectivity index is 0.00000180. The Bertz CT molecular complexity index is 377. The molecule has 3 heteroatoms. The molecule has 1 aliphatic heterocycles. The summed E-state index contributed by atoms with van der Waals surface area (Å²) in [6.07, 6.45) is 3.53. The minimum absolute atomic E-state index is 0. The van der Waals surface area contributed by atoms with Crippen LogP contribution in [0.3, 0.4) is 0 Å². The van der Waals surface area contributed by atoms with Crippen molar-refractivity contribution in [1.82, 2.24) is 4.90 Å². The second-order valence-electron chi connectivity index (χ2n) is 5.96. The van der Waals surface area contributed by atoms with E-state index in [1.54, 1.807) is 0 Å². The lowest BCUT2D eigenvalue weighted by atomic mass is 9.90. The average Bonchev–Trinajstić information content (AvgIpc) is 2.80. The topological polar surface area (TPSA) is 29.3 Å². The standard InChI is InChI=1S/C16H26N2.ClH/c1-3-14-4-6-15(7-5-14)8-10-18-11-9-16(2,12-17)13-18;/h4-7H,3,8-13,17H2,1-2H3;1H. The van der Waals surface area contributed by atoms with E-state index in [0.717, 1.165) is 25.9 Å². The van der Waals surface area contributed by atoms with Crippen LogP contribution in [-0.4, -0.2) is 31.1 Å². The van der Waals surface area contributed by atoms with Crippen molar-refractivity contribution in [2.45, 2.75) is 33.1 Å². The van der Waals surface area contributed by atoms with Crippen molar-refractivity contribution in [2.75, 3.05) is 26.2 Å². The minimum Gasteiger partial charge on any atom is -0.330 e. The summed E-state index contributed by atoms with van der Waals surface area (Å²) in [5.74, 6) is 0. The summed E-state index contributed by atoms with van der Waals surface area (Å²) >= 11 is 0. The Kier molecular flexibility index (Phi) is 6.31. The molecule has 2 nitrogen and oxygen atoms in total. The van der Waals surface area contributed by atoms with E-state index in [1.807, 2.05) is 0 Å². The molecule has 1 aromatic carbocycles. The van der Waals surface area contributed by atoms with Crippen molar-refractivity contribution >= 4 is 12.4 Å². The molecule has 0 radical (unpaired) electrons. The van der Waals surface area contributed by atoms with Gasteiger partial charge < -0.3 is 10.6 Å². The van der Waals surface area contributed by atoms with Crippen molar-refractivity contribution in [2.24, 2.45) is 11.1 Å². The molecule has 2 N–H and O–H groups in total. The van der Waals surface area contributed by atoms with Crippen LogP contribution in [0, 0.1) is 5.41 Å². The van der Waals surface area contributed by atoms with E-state index >= 15 is 0 Å². The van der Waals surface area contributed by atoms with Gasteiger partial charge in [0.2, 0.25) is 0 Å². The first-order valence-electron chi connectivity index (χ1n) is 7.15. The van der Waals surface area contributed by atoms with Crippen LogP contribution in [0.5, 0.6) is 0 Å². The molecule has 1 atom stereocenters. The highest BCUT2D eigenvalue weighted by Crippen LogP contribution is 2.28. The molecule has 1 heterocycles. The average molecular weight is 283 g/mol. The van der Waals surface area contributed by atoms with Gasteiger partial charge in [-0.3, -0.25) is 0 Å². The van der Waals surface area contributed by atoms with Gasteiger partial charge in [-0.05, 0) is 48.9 Å². The van der Waals surface area contributed by atoms with E-state index in [2.05, 4.69) is 43.0 Å². The highest BCUT2D eigenvalue weighted by Gasteiger charge is 2.31. The van der Waals surface area contributed by atoms with Gasteiger partial charge in [0.25, 0.3) is 0 Å². The first kappa shape index (κ1) is 16.5. The molecule has 1 aliphatic rings. The summed E-state index contributed by atoms with van der Waals surface area (Å²) in [5, 5.41) is 0. The Morgan fingerprint density at radius 3 is 2.37 bits per heavy atom. The SMILES string of the molecule is CCc1ccc(CCN2CCC(C)(CN)C2)cc1.Cl. The Morgan fingerprint density at radius 2 is 1.84 bits per heavy atom. The molecule has 1 saturated heterocycles. The van der Waals surface area contributed by atoms with Crippen molar-refractivity contribution in [3.63, 3.8) is 0 Å². The van der Waals surface area contributed by atoms with Gasteiger partial charge in [-0.1, -0.05) is 38.1 Å². The molecule has 1 aromatic rings. The van der Waals surface area contributed by atoms with Crippen molar-refractivity contribution in [1.29, 1.82) is 0 Å². The highest BCUT2D eigenvalue weighted by atomic mass is 35.5. The lowest BCUT2D eigenvalue weighted by Gasteiger charge is -2.22. The normalized spacial score (nSPS) is 23.3. The van der Waals surface area contributed by atoms with Crippen molar-refractivity contribution in [3.05, 3.63) is 35.4 Å². The second kappa shape index (κ2) is 7.28. The molecule has 19 heavy (non-hydrogen) atoms. The van der Waals surface area contributed by atoms with Gasteiger partial charge in [0.15, 0.2) is 0 Å². The van der Waals surface area contributed by atoms with E-state index in [-0.39, 0.29) is 12.4 Å². The molecule has 0 spiro atoms. The highest BCUT2D eigenvalue weighted by molar-refractivity contribution is 5.85. The Hall–Kier alpha value is -0.570. The molecular weight excluding hydrogens is 256 g/mol. The summed E-state index contributed by atoms with van der Waals surface area (Å²) in [6.45, 7) is 8.86. The van der Waals surface area contributed by atoms with Crippen LogP contribution in [0.1, 0.15) is 31.4 Å². The van der Waals surface area contributed by atoms with E-state index in [4.69, 9.17) is 5.73 Å². The van der Waals surface area contributed by atoms with E-state index in [0.29, 0.717) is 5.41 Å². The molecule has 2 rings (SSSR count). The molecule has 0 saturated carbocycles. The number of halogens is 1. The molecule has 0 bridgehead atoms. The van der Waals surface area contributed by atoms with E-state index in [1.165, 1.54) is 30.6 Å². The second-order valence-corrected chi connectivity index (χ2v) is 5.96. The summed E-state index contributed by atoms with van der Waals surface area (Å²) in [6, 6.07) is 9.06. The predicted molar refractivity (Wildman–Crippen MR) is 85.0 cm³/mol. The zero-order valence-corrected chi connectivity index (χ0v) is 13.0. The molecule has 108 valence electrons. The zero-order chi connectivity index (χ0) is 13.0. The van der Waals surface area contributed by atoms with Crippen molar-refractivity contribution in [3.8, 4) is 0 Å². The largest absolute Gasteiger partial charge is 0.330 e. The number of likely N-dealkylation sites (tertiary alicyclic amines) is 1. The molecule has 0 amide bonds. The maximum absolute atomic E-state index is 5.84. The fraction of sp³-hybridized carbons (Fsp3) is 0.625. The number of benzene rings is 1. The van der Waals surface area contributed by atoms with Crippen LogP contribution >= 0.6 is 12.4 Å². The van der Waals surface area contributed by atoms with E-state index < -0.39 is 0 Å². The smallest absolute Gasteiger partial charge is 0.00480 e. The van der Waals surface area contributed by atoms with Gasteiger partial charge in [-0.15, -0.1) is 12.4 Å². The predicted octanol–water partition coefficient (Wildman–Crippen LogP) is 2.88. The maximum atomic E-state index is 5.84. The van der Waals surface area contributed by atoms with E-state index in [9.17, 15) is 0 Å². The fourth-order valence-corrected chi connectivity index (χ4v) is 2.71. The zero-order valence-electron chi connectivity index (χ0n) is 12.2. The summed E-state index contributed by atoms with van der Waals surface area (Å²) in [4.78, 5) is 2.56. The minimum atomic E-state index is 0. The van der Waals surface area contributed by atoms with Crippen molar-refractivity contribution < 1.29 is 0 Å². The number of rotatable bonds is 5. The monoisotopic (exact) mass is 282 g/mol. The lowest BCUT2D eigenvalue weighted by Crippen LogP contribution is -2.32. The first-order chi connectivity index (χ1) is 8.65. The summed E-state index contributed by atoms with van der Waals surface area (Å²) in [5.41, 5.74) is 9.07. The van der Waals surface area contributed by atoms with Crippen LogP contribution in [0.25, 0.3) is 0 Å². The summed E-state index contributed by atoms with van der Waals surface area (Å²) < 4.78 is 0. The number of hydrogen-bond donors (Lipinski definition) is 1.